The van der Waals surface area contributed by atoms with Crippen molar-refractivity contribution in [3.05, 3.63) is 59.7 Å². The van der Waals surface area contributed by atoms with Gasteiger partial charge in [-0.3, -0.25) is 4.79 Å². The van der Waals surface area contributed by atoms with Crippen LogP contribution in [0.25, 0.3) is 11.1 Å². The van der Waals surface area contributed by atoms with Crippen molar-refractivity contribution >= 4 is 18.0 Å². The van der Waals surface area contributed by atoms with Gasteiger partial charge in [-0.25, -0.2) is 9.59 Å². The molecule has 3 rings (SSSR count). The molecule has 0 aromatic heterocycles. The van der Waals surface area contributed by atoms with Crippen LogP contribution in [0.2, 0.25) is 0 Å². The molecule has 2 aromatic carbocycles. The predicted molar refractivity (Wildman–Crippen MR) is 129 cm³/mol. The summed E-state index contributed by atoms with van der Waals surface area (Å²) < 4.78 is 5.56. The number of carboxylic acids is 1. The summed E-state index contributed by atoms with van der Waals surface area (Å²) in [4.78, 5) is 36.9. The highest BCUT2D eigenvalue weighted by Crippen LogP contribution is 2.44. The lowest BCUT2D eigenvalue weighted by molar-refractivity contribution is -0.142. The molecule has 1 aliphatic carbocycles. The average Bonchev–Trinajstić information content (AvgIpc) is 3.09. The fourth-order valence-electron chi connectivity index (χ4n) is 4.19. The Morgan fingerprint density at radius 2 is 1.56 bits per heavy atom. The number of benzene rings is 2. The standard InChI is InChI=1S/C27H30N2O5/c1-5-10-22(25(31)32)28-24(30)23(15-27(2,3)4)29-26(33)34-16-21-19-13-8-6-11-17(19)18-12-7-9-14-20(18)21/h1,6-9,11-14,21-23H,10,15-16H2,2-4H3,(H,28,30)(H,29,33)(H,31,32). The highest BCUT2D eigenvalue weighted by Gasteiger charge is 2.32. The van der Waals surface area contributed by atoms with Crippen LogP contribution >= 0.6 is 0 Å². The van der Waals surface area contributed by atoms with Gasteiger partial charge in [-0.15, -0.1) is 12.3 Å². The topological polar surface area (TPSA) is 105 Å². The quantitative estimate of drug-likeness (QED) is 0.516. The second-order valence-corrected chi connectivity index (χ2v) is 9.59. The van der Waals surface area contributed by atoms with Crippen molar-refractivity contribution in [2.75, 3.05) is 6.61 Å². The SMILES string of the molecule is C#CCC(NC(=O)C(CC(C)(C)C)NC(=O)OCC1c2ccccc2-c2ccccc21)C(=O)O. The molecule has 0 spiro atoms. The van der Waals surface area contributed by atoms with Gasteiger partial charge < -0.3 is 20.5 Å². The molecule has 2 amide bonds. The first-order chi connectivity index (χ1) is 16.1. The summed E-state index contributed by atoms with van der Waals surface area (Å²) in [5.74, 6) is 0.278. The van der Waals surface area contributed by atoms with Gasteiger partial charge in [0.15, 0.2) is 0 Å². The number of terminal acetylenes is 1. The monoisotopic (exact) mass is 462 g/mol. The number of alkyl carbamates (subject to hydrolysis) is 1. The van der Waals surface area contributed by atoms with Crippen molar-refractivity contribution in [3.8, 4) is 23.5 Å². The van der Waals surface area contributed by atoms with Crippen molar-refractivity contribution < 1.29 is 24.2 Å². The van der Waals surface area contributed by atoms with Crippen LogP contribution in [0.15, 0.2) is 48.5 Å². The van der Waals surface area contributed by atoms with Crippen molar-refractivity contribution in [1.82, 2.24) is 10.6 Å². The molecule has 0 bridgehead atoms. The van der Waals surface area contributed by atoms with Crippen LogP contribution in [0, 0.1) is 17.8 Å². The van der Waals surface area contributed by atoms with Gasteiger partial charge in [0.05, 0.1) is 0 Å². The first kappa shape index (κ1) is 24.8. The molecule has 0 saturated heterocycles. The van der Waals surface area contributed by atoms with Crippen molar-refractivity contribution in [2.24, 2.45) is 5.41 Å². The second kappa shape index (κ2) is 10.4. The van der Waals surface area contributed by atoms with E-state index in [2.05, 4.69) is 16.6 Å². The van der Waals surface area contributed by atoms with E-state index in [1.54, 1.807) is 0 Å². The van der Waals surface area contributed by atoms with E-state index in [0.29, 0.717) is 0 Å². The highest BCUT2D eigenvalue weighted by atomic mass is 16.5. The Morgan fingerprint density at radius 1 is 1.00 bits per heavy atom. The lowest BCUT2D eigenvalue weighted by Gasteiger charge is -2.27. The van der Waals surface area contributed by atoms with E-state index in [4.69, 9.17) is 11.2 Å². The van der Waals surface area contributed by atoms with E-state index >= 15 is 0 Å². The first-order valence-electron chi connectivity index (χ1n) is 11.2. The largest absolute Gasteiger partial charge is 0.480 e. The van der Waals surface area contributed by atoms with Gasteiger partial charge in [-0.2, -0.15) is 0 Å². The van der Waals surface area contributed by atoms with E-state index in [1.807, 2.05) is 69.3 Å². The van der Waals surface area contributed by atoms with Crippen LogP contribution in [0.5, 0.6) is 0 Å². The number of carbonyl (C=O) groups is 3. The molecule has 0 fully saturated rings. The number of nitrogens with one attached hydrogen (secondary N) is 2. The molecule has 1 aliphatic rings. The van der Waals surface area contributed by atoms with Gasteiger partial charge in [0.25, 0.3) is 0 Å². The molecule has 0 saturated carbocycles. The molecule has 2 aromatic rings. The molecule has 0 aliphatic heterocycles. The zero-order valence-electron chi connectivity index (χ0n) is 19.6. The number of hydrogen-bond acceptors (Lipinski definition) is 4. The summed E-state index contributed by atoms with van der Waals surface area (Å²) in [5.41, 5.74) is 4.08. The predicted octanol–water partition coefficient (Wildman–Crippen LogP) is 3.92. The number of aliphatic carboxylic acids is 1. The maximum Gasteiger partial charge on any atom is 0.407 e. The summed E-state index contributed by atoms with van der Waals surface area (Å²) in [7, 11) is 0. The summed E-state index contributed by atoms with van der Waals surface area (Å²) in [6, 6.07) is 13.8. The van der Waals surface area contributed by atoms with Gasteiger partial charge in [0, 0.05) is 12.3 Å². The molecule has 2 unspecified atom stereocenters. The first-order valence-corrected chi connectivity index (χ1v) is 11.2. The number of carboxylic acid groups (broad SMARTS) is 1. The van der Waals surface area contributed by atoms with Gasteiger partial charge in [0.1, 0.15) is 18.7 Å². The van der Waals surface area contributed by atoms with Crippen LogP contribution in [-0.2, 0) is 14.3 Å². The number of hydrogen-bond donors (Lipinski definition) is 3. The fraction of sp³-hybridized carbons (Fsp3) is 0.370. The number of amides is 2. The van der Waals surface area contributed by atoms with Crippen molar-refractivity contribution in [1.29, 1.82) is 0 Å². The molecule has 0 radical (unpaired) electrons. The van der Waals surface area contributed by atoms with Gasteiger partial charge >= 0.3 is 12.1 Å². The Kier molecular flexibility index (Phi) is 7.62. The molecule has 3 N–H and O–H groups in total. The van der Waals surface area contributed by atoms with Gasteiger partial charge in [-0.1, -0.05) is 69.3 Å². The molecular weight excluding hydrogens is 432 g/mol. The highest BCUT2D eigenvalue weighted by molar-refractivity contribution is 5.89. The maximum absolute atomic E-state index is 12.8. The minimum absolute atomic E-state index is 0.110. The Labute approximate surface area is 199 Å². The van der Waals surface area contributed by atoms with E-state index < -0.39 is 30.1 Å². The third kappa shape index (κ3) is 5.96. The number of carbonyl (C=O) groups excluding carboxylic acids is 2. The normalized spacial score (nSPS) is 14.2. The minimum Gasteiger partial charge on any atom is -0.480 e. The summed E-state index contributed by atoms with van der Waals surface area (Å²) in [6.07, 6.45) is 4.60. The molecule has 178 valence electrons. The van der Waals surface area contributed by atoms with E-state index in [1.165, 1.54) is 0 Å². The second-order valence-electron chi connectivity index (χ2n) is 9.59. The number of rotatable bonds is 8. The molecule has 2 atom stereocenters. The molecule has 7 heteroatoms. The number of ether oxygens (including phenoxy) is 1. The summed E-state index contributed by atoms with van der Waals surface area (Å²) in [6.45, 7) is 5.87. The van der Waals surface area contributed by atoms with Gasteiger partial charge in [0.2, 0.25) is 5.91 Å². The van der Waals surface area contributed by atoms with Crippen LogP contribution in [0.1, 0.15) is 50.7 Å². The van der Waals surface area contributed by atoms with Crippen LogP contribution in [0.3, 0.4) is 0 Å². The van der Waals surface area contributed by atoms with Gasteiger partial charge in [-0.05, 0) is 34.1 Å². The lowest BCUT2D eigenvalue weighted by atomic mass is 9.87. The maximum atomic E-state index is 12.8. The Morgan fingerprint density at radius 3 is 2.06 bits per heavy atom. The Bertz CT molecular complexity index is 1070. The lowest BCUT2D eigenvalue weighted by Crippen LogP contribution is -2.52. The fourth-order valence-corrected chi connectivity index (χ4v) is 4.19. The molecular formula is C27H30N2O5. The Balaban J connectivity index is 1.70. The van der Waals surface area contributed by atoms with Crippen LogP contribution in [-0.4, -0.2) is 41.8 Å². The summed E-state index contributed by atoms with van der Waals surface area (Å²) in [5, 5.41) is 14.3. The zero-order chi connectivity index (χ0) is 24.9. The third-order valence-electron chi connectivity index (χ3n) is 5.71. The summed E-state index contributed by atoms with van der Waals surface area (Å²) >= 11 is 0. The molecule has 34 heavy (non-hydrogen) atoms. The van der Waals surface area contributed by atoms with Crippen LogP contribution in [0.4, 0.5) is 4.79 Å². The van der Waals surface area contributed by atoms with E-state index in [-0.39, 0.29) is 30.8 Å². The van der Waals surface area contributed by atoms with E-state index in [9.17, 15) is 19.5 Å². The number of fused-ring (bicyclic) bond motifs is 3. The van der Waals surface area contributed by atoms with Crippen molar-refractivity contribution in [2.45, 2.75) is 51.6 Å². The van der Waals surface area contributed by atoms with Crippen LogP contribution < -0.4 is 10.6 Å². The van der Waals surface area contributed by atoms with Crippen molar-refractivity contribution in [3.63, 3.8) is 0 Å². The smallest absolute Gasteiger partial charge is 0.407 e. The Hall–Kier alpha value is -3.79. The average molecular weight is 463 g/mol. The molecule has 0 heterocycles. The van der Waals surface area contributed by atoms with E-state index in [0.717, 1.165) is 22.3 Å². The zero-order valence-corrected chi connectivity index (χ0v) is 19.6. The minimum atomic E-state index is -1.23. The third-order valence-corrected chi connectivity index (χ3v) is 5.71. The molecule has 7 nitrogen and oxygen atoms in total.